The minimum atomic E-state index is -0.709. The van der Waals surface area contributed by atoms with Gasteiger partial charge in [0, 0.05) is 0 Å². The van der Waals surface area contributed by atoms with Crippen molar-refractivity contribution < 1.29 is 23.8 Å². The van der Waals surface area contributed by atoms with Crippen LogP contribution in [0, 0.1) is 6.58 Å². The molecule has 22 heavy (non-hydrogen) atoms. The lowest BCUT2D eigenvalue weighted by atomic mass is 10.1. The summed E-state index contributed by atoms with van der Waals surface area (Å²) in [5.41, 5.74) is 0.507. The van der Waals surface area contributed by atoms with Crippen LogP contribution < -0.4 is 4.74 Å². The molecule has 0 saturated carbocycles. The number of hydrogen-bond donors (Lipinski definition) is 0. The first-order chi connectivity index (χ1) is 10.6. The Balaban J connectivity index is 2.97. The molecule has 0 fully saturated rings. The lowest BCUT2D eigenvalue weighted by Crippen LogP contribution is -2.18. The van der Waals surface area contributed by atoms with Crippen molar-refractivity contribution in [3.05, 3.63) is 48.1 Å². The van der Waals surface area contributed by atoms with Gasteiger partial charge >= 0.3 is 11.9 Å². The number of esters is 2. The van der Waals surface area contributed by atoms with E-state index in [0.29, 0.717) is 17.9 Å². The van der Waals surface area contributed by atoms with Crippen molar-refractivity contribution in [2.24, 2.45) is 0 Å². The van der Waals surface area contributed by atoms with Crippen molar-refractivity contribution in [1.29, 1.82) is 0 Å². The van der Waals surface area contributed by atoms with E-state index in [-0.39, 0.29) is 18.8 Å². The van der Waals surface area contributed by atoms with Gasteiger partial charge in [-0.1, -0.05) is 18.7 Å². The molecule has 5 nitrogen and oxygen atoms in total. The average molecular weight is 303 g/mol. The molecule has 1 rings (SSSR count). The van der Waals surface area contributed by atoms with Crippen molar-refractivity contribution in [3.63, 3.8) is 0 Å². The summed E-state index contributed by atoms with van der Waals surface area (Å²) in [6.45, 7) is 9.22. The normalized spacial score (nSPS) is 9.55. The second-order valence-electron chi connectivity index (χ2n) is 4.11. The zero-order valence-electron chi connectivity index (χ0n) is 12.7. The van der Waals surface area contributed by atoms with E-state index in [1.807, 2.05) is 0 Å². The van der Waals surface area contributed by atoms with Gasteiger partial charge in [-0.15, -0.1) is 0 Å². The van der Waals surface area contributed by atoms with Crippen molar-refractivity contribution in [2.45, 2.75) is 13.8 Å². The maximum atomic E-state index is 11.8. The van der Waals surface area contributed by atoms with Crippen LogP contribution in [0.25, 0.3) is 6.08 Å². The Labute approximate surface area is 130 Å². The minimum Gasteiger partial charge on any atom is -0.490 e. The number of benzene rings is 1. The van der Waals surface area contributed by atoms with Crippen LogP contribution in [0.1, 0.15) is 19.4 Å². The first-order valence-corrected chi connectivity index (χ1v) is 6.94. The van der Waals surface area contributed by atoms with Gasteiger partial charge in [0.15, 0.2) is 0 Å². The lowest BCUT2D eigenvalue weighted by Gasteiger charge is -2.07. The maximum absolute atomic E-state index is 11.8. The molecule has 0 atom stereocenters. The summed E-state index contributed by atoms with van der Waals surface area (Å²) in [5, 5.41) is 0. The molecule has 117 valence electrons. The van der Waals surface area contributed by atoms with Gasteiger partial charge in [0.25, 0.3) is 0 Å². The number of rotatable bonds is 8. The Hall–Kier alpha value is -2.56. The van der Waals surface area contributed by atoms with E-state index >= 15 is 0 Å². The largest absolute Gasteiger partial charge is 0.490 e. The highest BCUT2D eigenvalue weighted by Gasteiger charge is 2.20. The van der Waals surface area contributed by atoms with Crippen LogP contribution in [0.2, 0.25) is 0 Å². The van der Waals surface area contributed by atoms with Gasteiger partial charge in [0.2, 0.25) is 0 Å². The molecule has 5 heteroatoms. The highest BCUT2D eigenvalue weighted by atomic mass is 16.6. The molecule has 0 unspecified atom stereocenters. The van der Waals surface area contributed by atoms with E-state index in [2.05, 4.69) is 0 Å². The third kappa shape index (κ3) is 5.44. The van der Waals surface area contributed by atoms with Gasteiger partial charge in [-0.25, -0.2) is 9.59 Å². The first-order valence-electron chi connectivity index (χ1n) is 6.94. The second kappa shape index (κ2) is 9.39. The van der Waals surface area contributed by atoms with Crippen molar-refractivity contribution in [2.75, 3.05) is 19.8 Å². The predicted molar refractivity (Wildman–Crippen MR) is 82.1 cm³/mol. The zero-order chi connectivity index (χ0) is 16.4. The molecule has 0 saturated heterocycles. The van der Waals surface area contributed by atoms with Crippen molar-refractivity contribution in [1.82, 2.24) is 0 Å². The molecule has 1 aromatic rings. The molecule has 1 aromatic carbocycles. The van der Waals surface area contributed by atoms with E-state index in [1.54, 1.807) is 38.1 Å². The molecule has 0 aliphatic heterocycles. The SMILES string of the molecule is [CH]=CCOc1ccc(C=C(C(=O)OCC)C(=O)OCC)cc1. The number of ether oxygens (including phenoxy) is 3. The van der Waals surface area contributed by atoms with Gasteiger partial charge in [-0.3, -0.25) is 0 Å². The highest BCUT2D eigenvalue weighted by Crippen LogP contribution is 2.16. The van der Waals surface area contributed by atoms with Crippen LogP contribution in [0.3, 0.4) is 0 Å². The zero-order valence-corrected chi connectivity index (χ0v) is 12.7. The van der Waals surface area contributed by atoms with Gasteiger partial charge in [0.05, 0.1) is 13.2 Å². The monoisotopic (exact) mass is 303 g/mol. The van der Waals surface area contributed by atoms with Gasteiger partial charge in [-0.2, -0.15) is 0 Å². The van der Waals surface area contributed by atoms with Crippen LogP contribution in [-0.2, 0) is 19.1 Å². The predicted octanol–water partition coefficient (Wildman–Crippen LogP) is 2.56. The quantitative estimate of drug-likeness (QED) is 0.320. The summed E-state index contributed by atoms with van der Waals surface area (Å²) in [6.07, 6.45) is 2.82. The average Bonchev–Trinajstić information content (AvgIpc) is 2.52. The summed E-state index contributed by atoms with van der Waals surface area (Å²) >= 11 is 0. The summed E-state index contributed by atoms with van der Waals surface area (Å²) in [6, 6.07) is 6.85. The van der Waals surface area contributed by atoms with Crippen LogP contribution in [0.4, 0.5) is 0 Å². The van der Waals surface area contributed by atoms with Crippen molar-refractivity contribution in [3.8, 4) is 5.75 Å². The van der Waals surface area contributed by atoms with E-state index in [9.17, 15) is 9.59 Å². The Kier molecular flexibility index (Phi) is 7.47. The smallest absolute Gasteiger partial charge is 0.345 e. The van der Waals surface area contributed by atoms with Crippen LogP contribution in [-0.4, -0.2) is 31.8 Å². The summed E-state index contributed by atoms with van der Waals surface area (Å²) in [4.78, 5) is 23.7. The molecule has 0 amide bonds. The van der Waals surface area contributed by atoms with Crippen LogP contribution >= 0.6 is 0 Å². The molecule has 0 heterocycles. The van der Waals surface area contributed by atoms with E-state index in [0.717, 1.165) is 0 Å². The van der Waals surface area contributed by atoms with Crippen LogP contribution in [0.5, 0.6) is 5.75 Å². The lowest BCUT2D eigenvalue weighted by molar-refractivity contribution is -0.146. The van der Waals surface area contributed by atoms with E-state index in [4.69, 9.17) is 20.8 Å². The van der Waals surface area contributed by atoms with Gasteiger partial charge in [0.1, 0.15) is 17.9 Å². The summed E-state index contributed by atoms with van der Waals surface area (Å²) in [5.74, 6) is -0.786. The Bertz CT molecular complexity index is 523. The molecule has 0 aliphatic carbocycles. The summed E-state index contributed by atoms with van der Waals surface area (Å²) < 4.78 is 15.0. The molecular weight excluding hydrogens is 284 g/mol. The molecule has 0 aromatic heterocycles. The van der Waals surface area contributed by atoms with Crippen LogP contribution in [0.15, 0.2) is 35.9 Å². The minimum absolute atomic E-state index is 0.146. The highest BCUT2D eigenvalue weighted by molar-refractivity contribution is 6.17. The van der Waals surface area contributed by atoms with Gasteiger partial charge < -0.3 is 14.2 Å². The third-order valence-corrected chi connectivity index (χ3v) is 2.53. The number of hydrogen-bond acceptors (Lipinski definition) is 5. The third-order valence-electron chi connectivity index (χ3n) is 2.53. The molecule has 0 aliphatic rings. The van der Waals surface area contributed by atoms with E-state index < -0.39 is 11.9 Å². The fourth-order valence-corrected chi connectivity index (χ4v) is 1.59. The van der Waals surface area contributed by atoms with Crippen molar-refractivity contribution >= 4 is 18.0 Å². The maximum Gasteiger partial charge on any atom is 0.345 e. The second-order valence-corrected chi connectivity index (χ2v) is 4.11. The molecule has 0 bridgehead atoms. The Morgan fingerprint density at radius 3 is 2.05 bits per heavy atom. The molecular formula is C17H19O5. The molecule has 0 N–H and O–H groups in total. The number of carbonyl (C=O) groups is 2. The topological polar surface area (TPSA) is 61.8 Å². The fourth-order valence-electron chi connectivity index (χ4n) is 1.59. The fraction of sp³-hybridized carbons (Fsp3) is 0.294. The molecule has 0 spiro atoms. The standard InChI is InChI=1S/C17H19O5/c1-4-11-22-14-9-7-13(8-10-14)12-15(16(18)20-5-2)17(19)21-6-3/h1,4,7-10,12H,5-6,11H2,2-3H3. The summed E-state index contributed by atoms with van der Waals surface area (Å²) in [7, 11) is 0. The van der Waals surface area contributed by atoms with E-state index in [1.165, 1.54) is 12.2 Å². The molecule has 1 radical (unpaired) electrons. The number of carbonyl (C=O) groups excluding carboxylic acids is 2. The van der Waals surface area contributed by atoms with Gasteiger partial charge in [-0.05, 0) is 43.7 Å². The Morgan fingerprint density at radius 1 is 1.05 bits per heavy atom. The first kappa shape index (κ1) is 17.5. The Morgan fingerprint density at radius 2 is 1.59 bits per heavy atom.